The third-order valence-electron chi connectivity index (χ3n) is 2.91. The second-order valence-electron chi connectivity index (χ2n) is 4.56. The average Bonchev–Trinajstić information content (AvgIpc) is 2.89. The van der Waals surface area contributed by atoms with Gasteiger partial charge in [0.2, 0.25) is 0 Å². The van der Waals surface area contributed by atoms with E-state index in [0.717, 1.165) is 12.8 Å². The van der Waals surface area contributed by atoms with Crippen LogP contribution in [0.3, 0.4) is 0 Å². The Morgan fingerprint density at radius 3 is 2.62 bits per heavy atom. The molecule has 0 radical (unpaired) electrons. The van der Waals surface area contributed by atoms with Gasteiger partial charge in [0, 0.05) is 17.7 Å². The molecule has 1 aliphatic carbocycles. The summed E-state index contributed by atoms with van der Waals surface area (Å²) in [6.45, 7) is 3.49. The summed E-state index contributed by atoms with van der Waals surface area (Å²) in [6.07, 6.45) is 1.92. The molecule has 0 atom stereocenters. The number of benzene rings is 1. The largest absolute Gasteiger partial charge is 0.374 e. The highest BCUT2D eigenvalue weighted by Gasteiger charge is 2.38. The number of hydrogen-bond donors (Lipinski definition) is 1. The van der Waals surface area contributed by atoms with Crippen molar-refractivity contribution in [1.29, 1.82) is 0 Å². The number of nitro groups is 1. The monoisotopic (exact) mass is 224 g/mol. The molecule has 1 saturated carbocycles. The summed E-state index contributed by atoms with van der Waals surface area (Å²) in [5.41, 5.74) is 0.394. The lowest BCUT2D eigenvalue weighted by Gasteiger charge is -2.13. The predicted octanol–water partition coefficient (Wildman–Crippen LogP) is 3.01. The maximum Gasteiger partial charge on any atom is 0.292 e. The number of nitrogens with one attached hydrogen (secondary N) is 1. The zero-order valence-electron chi connectivity index (χ0n) is 9.21. The number of aryl methyl sites for hydroxylation is 1. The van der Waals surface area contributed by atoms with E-state index in [2.05, 4.69) is 5.32 Å². The number of nitro benzene ring substituents is 1. The first-order valence-electron chi connectivity index (χ1n) is 5.14. The van der Waals surface area contributed by atoms with Crippen molar-refractivity contribution in [2.45, 2.75) is 32.2 Å². The van der Waals surface area contributed by atoms with Crippen molar-refractivity contribution < 1.29 is 9.31 Å². The van der Waals surface area contributed by atoms with Crippen LogP contribution in [0.4, 0.5) is 15.8 Å². The van der Waals surface area contributed by atoms with Gasteiger partial charge in [-0.3, -0.25) is 10.1 Å². The standard InChI is InChI=1S/C11H13FN2O2/c1-7-5-10(14(15)16)9(6-8(7)12)13-11(2)3-4-11/h5-6,13H,3-4H2,1-2H3. The number of nitrogens with zero attached hydrogens (tertiary/aromatic N) is 1. The van der Waals surface area contributed by atoms with Crippen molar-refractivity contribution in [1.82, 2.24) is 0 Å². The van der Waals surface area contributed by atoms with Crippen molar-refractivity contribution in [3.63, 3.8) is 0 Å². The molecule has 0 spiro atoms. The molecule has 0 aliphatic heterocycles. The lowest BCUT2D eigenvalue weighted by Crippen LogP contribution is -2.17. The Balaban J connectivity index is 2.41. The van der Waals surface area contributed by atoms with Gasteiger partial charge in [0.15, 0.2) is 0 Å². The molecule has 0 aromatic heterocycles. The van der Waals surface area contributed by atoms with E-state index in [-0.39, 0.29) is 16.9 Å². The van der Waals surface area contributed by atoms with Crippen LogP contribution in [0.25, 0.3) is 0 Å². The SMILES string of the molecule is Cc1cc([N+](=O)[O-])c(NC2(C)CC2)cc1F. The van der Waals surface area contributed by atoms with Gasteiger partial charge < -0.3 is 5.32 Å². The van der Waals surface area contributed by atoms with Crippen molar-refractivity contribution in [3.05, 3.63) is 33.6 Å². The van der Waals surface area contributed by atoms with Gasteiger partial charge in [-0.25, -0.2) is 4.39 Å². The first-order chi connectivity index (χ1) is 7.41. The molecule has 1 aliphatic rings. The Kier molecular flexibility index (Phi) is 2.33. The minimum atomic E-state index is -0.486. The minimum absolute atomic E-state index is 0.0629. The van der Waals surface area contributed by atoms with Crippen molar-refractivity contribution in [2.24, 2.45) is 0 Å². The molecule has 4 nitrogen and oxygen atoms in total. The van der Waals surface area contributed by atoms with E-state index >= 15 is 0 Å². The topological polar surface area (TPSA) is 55.2 Å². The van der Waals surface area contributed by atoms with E-state index in [1.165, 1.54) is 19.1 Å². The van der Waals surface area contributed by atoms with E-state index in [0.29, 0.717) is 5.56 Å². The average molecular weight is 224 g/mol. The smallest absolute Gasteiger partial charge is 0.292 e. The Labute approximate surface area is 92.6 Å². The molecule has 1 aromatic carbocycles. The van der Waals surface area contributed by atoms with E-state index in [4.69, 9.17) is 0 Å². The molecule has 0 heterocycles. The Hall–Kier alpha value is -1.65. The third kappa shape index (κ3) is 1.98. The van der Waals surface area contributed by atoms with Gasteiger partial charge in [-0.05, 0) is 32.3 Å². The zero-order chi connectivity index (χ0) is 11.9. The fourth-order valence-electron chi connectivity index (χ4n) is 1.56. The van der Waals surface area contributed by atoms with Crippen molar-refractivity contribution in [3.8, 4) is 0 Å². The highest BCUT2D eigenvalue weighted by Crippen LogP contribution is 2.40. The van der Waals surface area contributed by atoms with Crippen LogP contribution in [-0.2, 0) is 0 Å². The molecular formula is C11H13FN2O2. The molecule has 1 N–H and O–H groups in total. The molecule has 5 heteroatoms. The Bertz CT molecular complexity index is 456. The van der Waals surface area contributed by atoms with Crippen LogP contribution in [0.5, 0.6) is 0 Å². The normalized spacial score (nSPS) is 16.9. The summed E-state index contributed by atoms with van der Waals surface area (Å²) < 4.78 is 13.4. The molecule has 0 saturated heterocycles. The summed E-state index contributed by atoms with van der Waals surface area (Å²) in [5.74, 6) is -0.419. The van der Waals surface area contributed by atoms with Gasteiger partial charge in [0.25, 0.3) is 5.69 Å². The van der Waals surface area contributed by atoms with Crippen LogP contribution in [0, 0.1) is 22.9 Å². The van der Waals surface area contributed by atoms with E-state index in [9.17, 15) is 14.5 Å². The van der Waals surface area contributed by atoms with E-state index < -0.39 is 10.7 Å². The molecule has 0 amide bonds. The lowest BCUT2D eigenvalue weighted by atomic mass is 10.1. The Morgan fingerprint density at radius 1 is 1.50 bits per heavy atom. The summed E-state index contributed by atoms with van der Waals surface area (Å²) in [6, 6.07) is 2.47. The van der Waals surface area contributed by atoms with Gasteiger partial charge >= 0.3 is 0 Å². The summed E-state index contributed by atoms with van der Waals surface area (Å²) in [5, 5.41) is 13.9. The second-order valence-corrected chi connectivity index (χ2v) is 4.56. The number of rotatable bonds is 3. The zero-order valence-corrected chi connectivity index (χ0v) is 9.21. The molecular weight excluding hydrogens is 211 g/mol. The van der Waals surface area contributed by atoms with Crippen molar-refractivity contribution >= 4 is 11.4 Å². The van der Waals surface area contributed by atoms with Crippen LogP contribution in [0.2, 0.25) is 0 Å². The van der Waals surface area contributed by atoms with Crippen LogP contribution >= 0.6 is 0 Å². The van der Waals surface area contributed by atoms with Crippen molar-refractivity contribution in [2.75, 3.05) is 5.32 Å². The first kappa shape index (κ1) is 10.9. The molecule has 16 heavy (non-hydrogen) atoms. The fraction of sp³-hybridized carbons (Fsp3) is 0.455. The van der Waals surface area contributed by atoms with Gasteiger partial charge in [-0.1, -0.05) is 0 Å². The van der Waals surface area contributed by atoms with Gasteiger partial charge in [-0.15, -0.1) is 0 Å². The Morgan fingerprint density at radius 2 is 2.12 bits per heavy atom. The maximum atomic E-state index is 13.4. The molecule has 0 bridgehead atoms. The fourth-order valence-corrected chi connectivity index (χ4v) is 1.56. The van der Waals surface area contributed by atoms with E-state index in [1.54, 1.807) is 0 Å². The maximum absolute atomic E-state index is 13.4. The van der Waals surface area contributed by atoms with Crippen LogP contribution in [0.15, 0.2) is 12.1 Å². The third-order valence-corrected chi connectivity index (χ3v) is 2.91. The number of anilines is 1. The summed E-state index contributed by atoms with van der Waals surface area (Å²) >= 11 is 0. The molecule has 86 valence electrons. The summed E-state index contributed by atoms with van der Waals surface area (Å²) in [7, 11) is 0. The summed E-state index contributed by atoms with van der Waals surface area (Å²) in [4.78, 5) is 10.3. The van der Waals surface area contributed by atoms with Gasteiger partial charge in [0.05, 0.1) is 4.92 Å². The highest BCUT2D eigenvalue weighted by atomic mass is 19.1. The quantitative estimate of drug-likeness (QED) is 0.634. The second kappa shape index (κ2) is 3.43. The molecule has 1 aromatic rings. The van der Waals surface area contributed by atoms with E-state index in [1.807, 2.05) is 6.92 Å². The molecule has 0 unspecified atom stereocenters. The predicted molar refractivity (Wildman–Crippen MR) is 59.1 cm³/mol. The molecule has 2 rings (SSSR count). The first-order valence-corrected chi connectivity index (χ1v) is 5.14. The van der Waals surface area contributed by atoms with Gasteiger partial charge in [-0.2, -0.15) is 0 Å². The number of halogens is 1. The minimum Gasteiger partial charge on any atom is -0.374 e. The molecule has 1 fully saturated rings. The highest BCUT2D eigenvalue weighted by molar-refractivity contribution is 5.64. The van der Waals surface area contributed by atoms with Crippen LogP contribution in [0.1, 0.15) is 25.3 Å². The lowest BCUT2D eigenvalue weighted by molar-refractivity contribution is -0.384. The van der Waals surface area contributed by atoms with Crippen LogP contribution < -0.4 is 5.32 Å². The van der Waals surface area contributed by atoms with Gasteiger partial charge in [0.1, 0.15) is 11.5 Å². The van der Waals surface area contributed by atoms with Crippen LogP contribution in [-0.4, -0.2) is 10.5 Å². The number of hydrogen-bond acceptors (Lipinski definition) is 3.